The predicted octanol–water partition coefficient (Wildman–Crippen LogP) is 10.3. The van der Waals surface area contributed by atoms with Crippen LogP contribution in [0.4, 0.5) is 0 Å². The summed E-state index contributed by atoms with van der Waals surface area (Å²) in [5, 5.41) is 1.89. The van der Waals surface area contributed by atoms with E-state index >= 15 is 0 Å². The summed E-state index contributed by atoms with van der Waals surface area (Å²) in [6.45, 7) is 28.6. The molecule has 35 heavy (non-hydrogen) atoms. The SMILES string of the molecule is CC(C)(C)c1ccccc1-c1cccc(P(C(C)(C)C)C(C)(C)C)c1-c1ccccc1C(C)(C)C. The Labute approximate surface area is 217 Å². The zero-order valence-corrected chi connectivity index (χ0v) is 25.2. The molecule has 0 saturated heterocycles. The van der Waals surface area contributed by atoms with Crippen LogP contribution in [0.15, 0.2) is 66.7 Å². The summed E-state index contributed by atoms with van der Waals surface area (Å²) >= 11 is 0. The van der Waals surface area contributed by atoms with E-state index in [2.05, 4.69) is 150 Å². The molecule has 0 bridgehead atoms. The maximum atomic E-state index is 2.43. The summed E-state index contributed by atoms with van der Waals surface area (Å²) in [5.74, 6) is 0. The molecule has 0 aromatic heterocycles. The highest BCUT2D eigenvalue weighted by Crippen LogP contribution is 2.60. The van der Waals surface area contributed by atoms with Crippen LogP contribution in [0.3, 0.4) is 0 Å². The fourth-order valence-corrected chi connectivity index (χ4v) is 9.85. The van der Waals surface area contributed by atoms with E-state index in [1.165, 1.54) is 38.7 Å². The zero-order chi connectivity index (χ0) is 26.4. The summed E-state index contributed by atoms with van der Waals surface area (Å²) in [5.41, 5.74) is 8.48. The fourth-order valence-electron chi connectivity index (χ4n) is 5.69. The van der Waals surface area contributed by atoms with Gasteiger partial charge in [-0.2, -0.15) is 0 Å². The first-order chi connectivity index (χ1) is 15.9. The van der Waals surface area contributed by atoms with Crippen molar-refractivity contribution in [1.82, 2.24) is 0 Å². The van der Waals surface area contributed by atoms with Crippen molar-refractivity contribution in [2.24, 2.45) is 0 Å². The average molecular weight is 487 g/mol. The van der Waals surface area contributed by atoms with Gasteiger partial charge in [0.2, 0.25) is 0 Å². The minimum Gasteiger partial charge on any atom is -0.0636 e. The van der Waals surface area contributed by atoms with E-state index in [0.717, 1.165) is 0 Å². The smallest absolute Gasteiger partial charge is 0.00249 e. The highest BCUT2D eigenvalue weighted by atomic mass is 31.1. The van der Waals surface area contributed by atoms with Gasteiger partial charge >= 0.3 is 0 Å². The number of hydrogen-bond acceptors (Lipinski definition) is 0. The topological polar surface area (TPSA) is 0 Å². The van der Waals surface area contributed by atoms with Crippen LogP contribution in [0, 0.1) is 0 Å². The summed E-state index contributed by atoms with van der Waals surface area (Å²) in [7, 11) is -0.475. The zero-order valence-electron chi connectivity index (χ0n) is 24.3. The molecule has 0 spiro atoms. The Balaban J connectivity index is 2.55. The number of hydrogen-bond donors (Lipinski definition) is 0. The second-order valence-corrected chi connectivity index (χ2v) is 17.8. The molecule has 188 valence electrons. The first kappa shape index (κ1) is 27.7. The molecule has 0 fully saturated rings. The maximum absolute atomic E-state index is 2.43. The van der Waals surface area contributed by atoms with Crippen LogP contribution in [-0.2, 0) is 10.8 Å². The lowest BCUT2D eigenvalue weighted by atomic mass is 9.78. The van der Waals surface area contributed by atoms with Crippen LogP contribution in [0.25, 0.3) is 22.3 Å². The predicted molar refractivity (Wildman–Crippen MR) is 161 cm³/mol. The van der Waals surface area contributed by atoms with Gasteiger partial charge in [0.05, 0.1) is 0 Å². The monoisotopic (exact) mass is 486 g/mol. The van der Waals surface area contributed by atoms with E-state index in [1.807, 2.05) is 0 Å². The van der Waals surface area contributed by atoms with Gasteiger partial charge in [-0.1, -0.05) is 158 Å². The largest absolute Gasteiger partial charge is 0.0636 e. The fraction of sp³-hybridized carbons (Fsp3) is 0.471. The molecular formula is C34H47P. The van der Waals surface area contributed by atoms with Gasteiger partial charge < -0.3 is 0 Å². The number of benzene rings is 3. The molecule has 0 radical (unpaired) electrons. The van der Waals surface area contributed by atoms with Crippen LogP contribution in [0.1, 0.15) is 94.2 Å². The van der Waals surface area contributed by atoms with E-state index in [0.29, 0.717) is 0 Å². The minimum atomic E-state index is -0.475. The molecule has 0 aliphatic heterocycles. The first-order valence-corrected chi connectivity index (χ1v) is 14.4. The van der Waals surface area contributed by atoms with Crippen molar-refractivity contribution in [1.29, 1.82) is 0 Å². The van der Waals surface area contributed by atoms with Crippen molar-refractivity contribution in [3.8, 4) is 22.3 Å². The van der Waals surface area contributed by atoms with Gasteiger partial charge in [0.25, 0.3) is 0 Å². The van der Waals surface area contributed by atoms with Gasteiger partial charge in [-0.15, -0.1) is 0 Å². The molecule has 3 aromatic rings. The summed E-state index contributed by atoms with van der Waals surface area (Å²) < 4.78 is 0. The van der Waals surface area contributed by atoms with E-state index in [9.17, 15) is 0 Å². The maximum Gasteiger partial charge on any atom is -0.00249 e. The molecular weight excluding hydrogens is 439 g/mol. The second kappa shape index (κ2) is 9.52. The molecule has 0 atom stereocenters. The lowest BCUT2D eigenvalue weighted by molar-refractivity contribution is 0.591. The molecule has 0 heterocycles. The van der Waals surface area contributed by atoms with E-state index < -0.39 is 7.92 Å². The van der Waals surface area contributed by atoms with E-state index in [4.69, 9.17) is 0 Å². The summed E-state index contributed by atoms with van der Waals surface area (Å²) in [6.07, 6.45) is 0. The molecule has 0 aliphatic rings. The van der Waals surface area contributed by atoms with Crippen molar-refractivity contribution in [2.75, 3.05) is 0 Å². The van der Waals surface area contributed by atoms with Gasteiger partial charge in [0, 0.05) is 0 Å². The van der Waals surface area contributed by atoms with Crippen molar-refractivity contribution < 1.29 is 0 Å². The van der Waals surface area contributed by atoms with Gasteiger partial charge in [0.15, 0.2) is 0 Å². The van der Waals surface area contributed by atoms with Crippen LogP contribution >= 0.6 is 7.92 Å². The minimum absolute atomic E-state index is 0.0523. The van der Waals surface area contributed by atoms with Gasteiger partial charge in [0.1, 0.15) is 0 Å². The molecule has 0 aliphatic carbocycles. The summed E-state index contributed by atoms with van der Waals surface area (Å²) in [4.78, 5) is 0. The van der Waals surface area contributed by atoms with Gasteiger partial charge in [-0.25, -0.2) is 0 Å². The Kier molecular flexibility index (Phi) is 7.52. The van der Waals surface area contributed by atoms with Crippen LogP contribution < -0.4 is 5.30 Å². The van der Waals surface area contributed by atoms with Gasteiger partial charge in [-0.05, 0) is 59.8 Å². The van der Waals surface area contributed by atoms with Crippen LogP contribution in [0.2, 0.25) is 0 Å². The van der Waals surface area contributed by atoms with Crippen molar-refractivity contribution in [2.45, 2.75) is 104 Å². The molecule has 3 rings (SSSR count). The highest BCUT2D eigenvalue weighted by molar-refractivity contribution is 7.68. The molecule has 1 heteroatoms. The van der Waals surface area contributed by atoms with Crippen LogP contribution in [-0.4, -0.2) is 10.3 Å². The highest BCUT2D eigenvalue weighted by Gasteiger charge is 2.38. The molecule has 0 nitrogen and oxygen atoms in total. The normalized spacial score (nSPS) is 13.4. The average Bonchev–Trinajstić information content (AvgIpc) is 2.70. The van der Waals surface area contributed by atoms with Crippen molar-refractivity contribution in [3.05, 3.63) is 77.9 Å². The third-order valence-corrected chi connectivity index (χ3v) is 10.2. The van der Waals surface area contributed by atoms with E-state index in [-0.39, 0.29) is 21.1 Å². The third kappa shape index (κ3) is 5.91. The Hall–Kier alpha value is -1.91. The van der Waals surface area contributed by atoms with Crippen LogP contribution in [0.5, 0.6) is 0 Å². The third-order valence-electron chi connectivity index (χ3n) is 6.65. The van der Waals surface area contributed by atoms with E-state index in [1.54, 1.807) is 0 Å². The standard InChI is InChI=1S/C34H47P/c1-31(2,3)27-21-15-13-18-24(27)25-20-17-23-29(35(33(7,8)9)34(10,11)12)30(25)26-19-14-16-22-28(26)32(4,5)6/h13-23H,1-12H3. The quantitative estimate of drug-likeness (QED) is 0.323. The van der Waals surface area contributed by atoms with Crippen molar-refractivity contribution in [3.63, 3.8) is 0 Å². The molecule has 0 N–H and O–H groups in total. The first-order valence-electron chi connectivity index (χ1n) is 13.1. The Bertz CT molecular complexity index is 1160. The molecule has 0 amide bonds. The second-order valence-electron chi connectivity index (χ2n) is 14.0. The van der Waals surface area contributed by atoms with Crippen molar-refractivity contribution >= 4 is 13.2 Å². The molecule has 3 aromatic carbocycles. The lowest BCUT2D eigenvalue weighted by Crippen LogP contribution is -2.32. The molecule has 0 unspecified atom stereocenters. The summed E-state index contributed by atoms with van der Waals surface area (Å²) in [6, 6.07) is 25.3. The Morgan fingerprint density at radius 2 is 0.829 bits per heavy atom. The number of rotatable bonds is 3. The lowest BCUT2D eigenvalue weighted by Gasteiger charge is -2.43. The van der Waals surface area contributed by atoms with Gasteiger partial charge in [-0.3, -0.25) is 0 Å². The Morgan fingerprint density at radius 1 is 0.429 bits per heavy atom. The Morgan fingerprint density at radius 3 is 1.29 bits per heavy atom. The molecule has 0 saturated carbocycles.